The highest BCUT2D eigenvalue weighted by atomic mass is 16.5. The van der Waals surface area contributed by atoms with Crippen LogP contribution in [-0.4, -0.2) is 16.5 Å². The number of hydrogen-bond donors (Lipinski definition) is 1. The number of allylic oxidation sites excluding steroid dienone is 4. The highest BCUT2D eigenvalue weighted by Gasteiger charge is 2.67. The van der Waals surface area contributed by atoms with Gasteiger partial charge >= 0.3 is 0 Å². The maximum absolute atomic E-state index is 12.2. The summed E-state index contributed by atoms with van der Waals surface area (Å²) in [6.45, 7) is 11.0. The zero-order valence-corrected chi connectivity index (χ0v) is 18.9. The van der Waals surface area contributed by atoms with Crippen LogP contribution in [0.4, 0.5) is 0 Å². The molecule has 164 valence electrons. The number of benzene rings is 1. The normalized spacial score (nSPS) is 43.5. The fourth-order valence-electron chi connectivity index (χ4n) is 7.84. The minimum Gasteiger partial charge on any atom is -0.459 e. The fourth-order valence-corrected chi connectivity index (χ4v) is 7.84. The fraction of sp³-hybridized carbons (Fsp3) is 0.536. The molecule has 3 fully saturated rings. The van der Waals surface area contributed by atoms with Gasteiger partial charge in [-0.1, -0.05) is 57.2 Å². The van der Waals surface area contributed by atoms with Gasteiger partial charge < -0.3 is 9.84 Å². The number of hydrogen-bond acceptors (Lipinski definition) is 3. The lowest BCUT2D eigenvalue weighted by atomic mass is 9.47. The molecule has 4 aliphatic rings. The van der Waals surface area contributed by atoms with Crippen LogP contribution in [-0.2, 0) is 4.79 Å². The Morgan fingerprint density at radius 2 is 1.90 bits per heavy atom. The van der Waals surface area contributed by atoms with E-state index in [0.717, 1.165) is 37.9 Å². The van der Waals surface area contributed by atoms with Gasteiger partial charge in [-0.3, -0.25) is 4.79 Å². The average Bonchev–Trinajstić information content (AvgIpc) is 2.96. The molecule has 31 heavy (non-hydrogen) atoms. The number of ketones is 1. The van der Waals surface area contributed by atoms with E-state index in [2.05, 4.69) is 33.4 Å². The van der Waals surface area contributed by atoms with Crippen molar-refractivity contribution in [3.8, 4) is 5.75 Å². The predicted molar refractivity (Wildman–Crippen MR) is 122 cm³/mol. The van der Waals surface area contributed by atoms with Gasteiger partial charge in [0.05, 0.1) is 0 Å². The molecular weight excluding hydrogens is 384 g/mol. The van der Waals surface area contributed by atoms with Crippen molar-refractivity contribution in [3.63, 3.8) is 0 Å². The van der Waals surface area contributed by atoms with E-state index in [1.165, 1.54) is 5.57 Å². The Kier molecular flexibility index (Phi) is 4.64. The van der Waals surface area contributed by atoms with Crippen LogP contribution < -0.4 is 4.74 Å². The zero-order valence-electron chi connectivity index (χ0n) is 18.9. The third kappa shape index (κ3) is 2.78. The molecule has 3 heteroatoms. The number of fused-ring (bicyclic) bond motifs is 5. The number of carbonyl (C=O) groups is 1. The van der Waals surface area contributed by atoms with E-state index >= 15 is 0 Å². The summed E-state index contributed by atoms with van der Waals surface area (Å²) in [5, 5.41) is 12.2. The van der Waals surface area contributed by atoms with Crippen molar-refractivity contribution >= 4 is 5.78 Å². The van der Waals surface area contributed by atoms with Crippen LogP contribution in [0, 0.1) is 34.5 Å². The topological polar surface area (TPSA) is 46.5 Å². The molecule has 0 unspecified atom stereocenters. The zero-order chi connectivity index (χ0) is 22.0. The van der Waals surface area contributed by atoms with Crippen LogP contribution >= 0.6 is 0 Å². The van der Waals surface area contributed by atoms with Gasteiger partial charge in [-0.05, 0) is 80.1 Å². The summed E-state index contributed by atoms with van der Waals surface area (Å²) in [6.07, 6.45) is 10.9. The first kappa shape index (κ1) is 20.8. The van der Waals surface area contributed by atoms with Crippen molar-refractivity contribution in [2.45, 2.75) is 58.5 Å². The van der Waals surface area contributed by atoms with Crippen LogP contribution in [0.2, 0.25) is 0 Å². The summed E-state index contributed by atoms with van der Waals surface area (Å²) in [4.78, 5) is 12.0. The lowest BCUT2D eigenvalue weighted by Crippen LogP contribution is -2.56. The minimum atomic E-state index is -1.05. The highest BCUT2D eigenvalue weighted by Crippen LogP contribution is 2.69. The molecule has 0 aromatic heterocycles. The summed E-state index contributed by atoms with van der Waals surface area (Å²) >= 11 is 0. The van der Waals surface area contributed by atoms with Crippen LogP contribution in [0.3, 0.4) is 0 Å². The molecule has 3 nitrogen and oxygen atoms in total. The molecule has 0 bridgehead atoms. The first-order valence-electron chi connectivity index (χ1n) is 11.8. The van der Waals surface area contributed by atoms with Gasteiger partial charge in [-0.25, -0.2) is 0 Å². The smallest absolute Gasteiger partial charge is 0.178 e. The van der Waals surface area contributed by atoms with E-state index in [1.54, 1.807) is 6.08 Å². The van der Waals surface area contributed by atoms with E-state index in [9.17, 15) is 9.90 Å². The summed E-state index contributed by atoms with van der Waals surface area (Å²) in [5.74, 6) is 2.92. The summed E-state index contributed by atoms with van der Waals surface area (Å²) in [7, 11) is 0. The number of rotatable bonds is 3. The van der Waals surface area contributed by atoms with Crippen LogP contribution in [0.15, 0.2) is 66.5 Å². The van der Waals surface area contributed by atoms with Crippen molar-refractivity contribution in [1.29, 1.82) is 0 Å². The van der Waals surface area contributed by atoms with Gasteiger partial charge in [-0.15, -0.1) is 0 Å². The van der Waals surface area contributed by atoms with Gasteiger partial charge in [0.25, 0.3) is 0 Å². The standard InChI is InChI=1S/C28H34O3/c1-18-16-25-23-11-10-20-17-21(29)12-14-26(20,3)24(23)13-15-27(25,4)28(18,30)19(2)31-22-8-6-5-7-9-22/h5-9,12,14,17-18,23-25,30H,2,10-11,13,15-16H2,1,3-4H3/t18-,23-,24+,25+,26+,27+,28+/m1/s1. The van der Waals surface area contributed by atoms with E-state index in [1.807, 2.05) is 36.4 Å². The SMILES string of the molecule is C=C(Oc1ccccc1)[C@@]1(O)[C@H](C)C[C@H]2[C@@H]3CCC4=CC(=O)C=C[C@]4(C)[C@H]3CC[C@@]21C. The van der Waals surface area contributed by atoms with Gasteiger partial charge in [-0.2, -0.15) is 0 Å². The number of para-hydroxylation sites is 1. The van der Waals surface area contributed by atoms with Gasteiger partial charge in [0.2, 0.25) is 0 Å². The number of aliphatic hydroxyl groups is 1. The molecule has 1 aromatic rings. The van der Waals surface area contributed by atoms with Crippen LogP contribution in [0.1, 0.15) is 52.9 Å². The largest absolute Gasteiger partial charge is 0.459 e. The van der Waals surface area contributed by atoms with E-state index in [0.29, 0.717) is 23.5 Å². The van der Waals surface area contributed by atoms with E-state index in [4.69, 9.17) is 4.74 Å². The monoisotopic (exact) mass is 418 g/mol. The van der Waals surface area contributed by atoms with E-state index < -0.39 is 5.60 Å². The Balaban J connectivity index is 1.46. The molecule has 3 saturated carbocycles. The molecule has 0 amide bonds. The van der Waals surface area contributed by atoms with Gasteiger partial charge in [0, 0.05) is 10.8 Å². The summed E-state index contributed by atoms with van der Waals surface area (Å²) < 4.78 is 6.14. The first-order chi connectivity index (χ1) is 14.7. The highest BCUT2D eigenvalue weighted by molar-refractivity contribution is 6.01. The number of carbonyl (C=O) groups excluding carboxylic acids is 1. The first-order valence-corrected chi connectivity index (χ1v) is 11.8. The maximum Gasteiger partial charge on any atom is 0.178 e. The average molecular weight is 419 g/mol. The third-order valence-electron chi connectivity index (χ3n) is 9.55. The van der Waals surface area contributed by atoms with Crippen LogP contribution in [0.25, 0.3) is 0 Å². The molecule has 4 aliphatic carbocycles. The Morgan fingerprint density at radius 3 is 2.65 bits per heavy atom. The van der Waals surface area contributed by atoms with Crippen molar-refractivity contribution in [1.82, 2.24) is 0 Å². The van der Waals surface area contributed by atoms with Crippen molar-refractivity contribution < 1.29 is 14.6 Å². The Hall–Kier alpha value is -2.13. The lowest BCUT2D eigenvalue weighted by Gasteiger charge is -2.58. The number of ether oxygens (including phenoxy) is 1. The molecule has 0 saturated heterocycles. The van der Waals surface area contributed by atoms with Gasteiger partial charge in [0.15, 0.2) is 5.78 Å². The minimum absolute atomic E-state index is 0.0281. The van der Waals surface area contributed by atoms with Crippen molar-refractivity contribution in [3.05, 3.63) is 66.5 Å². The maximum atomic E-state index is 12.2. The van der Waals surface area contributed by atoms with E-state index in [-0.39, 0.29) is 22.5 Å². The summed E-state index contributed by atoms with van der Waals surface area (Å²) in [5.41, 5.74) is -0.0263. The quantitative estimate of drug-likeness (QED) is 0.625. The Bertz CT molecular complexity index is 975. The predicted octanol–water partition coefficient (Wildman–Crippen LogP) is 5.86. The molecule has 0 spiro atoms. The van der Waals surface area contributed by atoms with Crippen LogP contribution in [0.5, 0.6) is 5.75 Å². The third-order valence-corrected chi connectivity index (χ3v) is 9.55. The molecule has 7 atom stereocenters. The summed E-state index contributed by atoms with van der Waals surface area (Å²) in [6, 6.07) is 9.67. The molecule has 1 aromatic carbocycles. The second-order valence-corrected chi connectivity index (χ2v) is 10.8. The second-order valence-electron chi connectivity index (χ2n) is 10.8. The van der Waals surface area contributed by atoms with Crippen molar-refractivity contribution in [2.75, 3.05) is 0 Å². The lowest BCUT2D eigenvalue weighted by molar-refractivity contribution is -0.126. The molecule has 1 N–H and O–H groups in total. The van der Waals surface area contributed by atoms with Crippen molar-refractivity contribution in [2.24, 2.45) is 34.5 Å². The molecular formula is C28H34O3. The Morgan fingerprint density at radius 1 is 1.16 bits per heavy atom. The molecule has 0 radical (unpaired) electrons. The van der Waals surface area contributed by atoms with Gasteiger partial charge in [0.1, 0.15) is 17.1 Å². The molecule has 0 heterocycles. The Labute approximate surface area is 185 Å². The second kappa shape index (κ2) is 6.93. The molecule has 0 aliphatic heterocycles. The molecule has 5 rings (SSSR count).